The Morgan fingerprint density at radius 1 is 1.00 bits per heavy atom. The molecule has 0 unspecified atom stereocenters. The molecule has 11 heteroatoms. The van der Waals surface area contributed by atoms with E-state index in [-0.39, 0.29) is 16.3 Å². The average Bonchev–Trinajstić information content (AvgIpc) is 2.69. The van der Waals surface area contributed by atoms with Crippen LogP contribution in [-0.4, -0.2) is 14.3 Å². The number of carbonyl (C=O) groups excluding carboxylic acids is 1. The van der Waals surface area contributed by atoms with Crippen LogP contribution >= 0.6 is 0 Å². The summed E-state index contributed by atoms with van der Waals surface area (Å²) in [6, 6.07) is 11.1. The zero-order valence-electron chi connectivity index (χ0n) is 16.4. The number of halogens is 4. The Kier molecular flexibility index (Phi) is 6.24. The lowest BCUT2D eigenvalue weighted by molar-refractivity contribution is -0.138. The van der Waals surface area contributed by atoms with Gasteiger partial charge in [-0.2, -0.15) is 13.2 Å². The molecule has 3 N–H and O–H groups in total. The van der Waals surface area contributed by atoms with Gasteiger partial charge in [0.1, 0.15) is 17.3 Å². The summed E-state index contributed by atoms with van der Waals surface area (Å²) in [6.07, 6.45) is -4.90. The molecule has 3 rings (SSSR count). The highest BCUT2D eigenvalue weighted by molar-refractivity contribution is 7.89. The molecule has 1 amide bonds. The van der Waals surface area contributed by atoms with E-state index >= 15 is 0 Å². The van der Waals surface area contributed by atoms with E-state index in [0.29, 0.717) is 11.6 Å². The Morgan fingerprint density at radius 2 is 1.69 bits per heavy atom. The summed E-state index contributed by atoms with van der Waals surface area (Å²) in [5.74, 6) is -2.13. The fourth-order valence-corrected chi connectivity index (χ4v) is 3.44. The van der Waals surface area contributed by atoms with Gasteiger partial charge in [-0.1, -0.05) is 12.1 Å². The molecular formula is C21H16F4N2O4S. The molecule has 0 aromatic heterocycles. The third-order valence-electron chi connectivity index (χ3n) is 4.34. The number of carbonyl (C=O) groups is 1. The summed E-state index contributed by atoms with van der Waals surface area (Å²) in [6.45, 7) is 1.49. The maximum atomic E-state index is 13.6. The van der Waals surface area contributed by atoms with Crippen molar-refractivity contribution < 1.29 is 35.5 Å². The van der Waals surface area contributed by atoms with Crippen molar-refractivity contribution in [3.8, 4) is 11.5 Å². The van der Waals surface area contributed by atoms with Crippen molar-refractivity contribution in [2.75, 3.05) is 5.32 Å². The molecule has 3 aromatic carbocycles. The minimum absolute atomic E-state index is 0.0518. The van der Waals surface area contributed by atoms with Gasteiger partial charge in [0.05, 0.1) is 16.0 Å². The first-order chi connectivity index (χ1) is 14.9. The van der Waals surface area contributed by atoms with E-state index in [1.54, 1.807) is 0 Å². The lowest BCUT2D eigenvalue weighted by Crippen LogP contribution is -2.20. The van der Waals surface area contributed by atoms with Gasteiger partial charge in [0.2, 0.25) is 10.0 Å². The van der Waals surface area contributed by atoms with Crippen LogP contribution < -0.4 is 15.2 Å². The predicted molar refractivity (Wildman–Crippen MR) is 108 cm³/mol. The highest BCUT2D eigenvalue weighted by atomic mass is 32.2. The minimum atomic E-state index is -4.90. The van der Waals surface area contributed by atoms with Gasteiger partial charge in [0.25, 0.3) is 5.91 Å². The zero-order valence-corrected chi connectivity index (χ0v) is 17.2. The van der Waals surface area contributed by atoms with Crippen molar-refractivity contribution in [3.63, 3.8) is 0 Å². The fraction of sp³-hybridized carbons (Fsp3) is 0.0952. The standard InChI is InChI=1S/C21H16F4N2O4S/c1-12-10-13(22)8-9-17(12)31-18-7-3-6-16(21(23,24)25)19(18)20(28)27-14-4-2-5-15(11-14)32(26,29)30/h2-11H,1H3,(H,27,28)(H2,26,29,30). The molecule has 168 valence electrons. The number of primary sulfonamides is 1. The molecule has 6 nitrogen and oxygen atoms in total. The Morgan fingerprint density at radius 3 is 2.31 bits per heavy atom. The van der Waals surface area contributed by atoms with Crippen LogP contribution in [0.4, 0.5) is 23.2 Å². The number of nitrogens with two attached hydrogens (primary N) is 1. The number of aryl methyl sites for hydroxylation is 1. The van der Waals surface area contributed by atoms with E-state index in [0.717, 1.165) is 30.3 Å². The van der Waals surface area contributed by atoms with Gasteiger partial charge >= 0.3 is 6.18 Å². The normalized spacial score (nSPS) is 11.8. The molecule has 0 saturated heterocycles. The third-order valence-corrected chi connectivity index (χ3v) is 5.25. The zero-order chi connectivity index (χ0) is 23.7. The predicted octanol–water partition coefficient (Wildman–Crippen LogP) is 4.84. The highest BCUT2D eigenvalue weighted by Gasteiger charge is 2.37. The van der Waals surface area contributed by atoms with E-state index in [1.807, 2.05) is 0 Å². The van der Waals surface area contributed by atoms with Gasteiger partial charge in [-0.15, -0.1) is 0 Å². The fourth-order valence-electron chi connectivity index (χ4n) is 2.88. The Labute approximate surface area is 180 Å². The van der Waals surface area contributed by atoms with Crippen LogP contribution in [0.2, 0.25) is 0 Å². The second-order valence-corrected chi connectivity index (χ2v) is 8.28. The van der Waals surface area contributed by atoms with Gasteiger partial charge in [0.15, 0.2) is 0 Å². The van der Waals surface area contributed by atoms with Gasteiger partial charge < -0.3 is 10.1 Å². The molecule has 3 aromatic rings. The number of benzene rings is 3. The van der Waals surface area contributed by atoms with E-state index in [9.17, 15) is 30.8 Å². The van der Waals surface area contributed by atoms with Gasteiger partial charge in [0, 0.05) is 5.69 Å². The molecule has 0 fully saturated rings. The maximum absolute atomic E-state index is 13.6. The van der Waals surface area contributed by atoms with Crippen molar-refractivity contribution >= 4 is 21.6 Å². The lowest BCUT2D eigenvalue weighted by atomic mass is 10.0. The van der Waals surface area contributed by atoms with Crippen molar-refractivity contribution in [1.82, 2.24) is 0 Å². The Bertz CT molecular complexity index is 1290. The molecular weight excluding hydrogens is 452 g/mol. The largest absolute Gasteiger partial charge is 0.456 e. The van der Waals surface area contributed by atoms with E-state index in [4.69, 9.17) is 9.88 Å². The number of anilines is 1. The first kappa shape index (κ1) is 23.2. The number of amides is 1. The van der Waals surface area contributed by atoms with E-state index in [2.05, 4.69) is 5.32 Å². The second-order valence-electron chi connectivity index (χ2n) is 6.72. The molecule has 0 saturated carbocycles. The molecule has 0 atom stereocenters. The van der Waals surface area contributed by atoms with Crippen LogP contribution in [-0.2, 0) is 16.2 Å². The number of ether oxygens (including phenoxy) is 1. The number of sulfonamides is 1. The molecule has 32 heavy (non-hydrogen) atoms. The smallest absolute Gasteiger partial charge is 0.417 e. The Balaban J connectivity index is 2.06. The summed E-state index contributed by atoms with van der Waals surface area (Å²) < 4.78 is 82.8. The van der Waals surface area contributed by atoms with Crippen LogP contribution in [0.5, 0.6) is 11.5 Å². The van der Waals surface area contributed by atoms with Crippen LogP contribution in [0.25, 0.3) is 0 Å². The van der Waals surface area contributed by atoms with Crippen molar-refractivity contribution in [2.24, 2.45) is 5.14 Å². The van der Waals surface area contributed by atoms with Crippen molar-refractivity contribution in [3.05, 3.63) is 83.2 Å². The minimum Gasteiger partial charge on any atom is -0.456 e. The average molecular weight is 468 g/mol. The monoisotopic (exact) mass is 468 g/mol. The van der Waals surface area contributed by atoms with Crippen molar-refractivity contribution in [2.45, 2.75) is 18.0 Å². The lowest BCUT2D eigenvalue weighted by Gasteiger charge is -2.18. The summed E-state index contributed by atoms with van der Waals surface area (Å²) in [7, 11) is -4.10. The van der Waals surface area contributed by atoms with Crippen LogP contribution in [0, 0.1) is 12.7 Å². The van der Waals surface area contributed by atoms with Crippen LogP contribution in [0.1, 0.15) is 21.5 Å². The van der Waals surface area contributed by atoms with Crippen LogP contribution in [0.15, 0.2) is 65.6 Å². The summed E-state index contributed by atoms with van der Waals surface area (Å²) in [5.41, 5.74) is -1.89. The number of alkyl halides is 3. The van der Waals surface area contributed by atoms with Crippen molar-refractivity contribution in [1.29, 1.82) is 0 Å². The molecule has 0 aliphatic carbocycles. The Hall–Kier alpha value is -3.44. The second kappa shape index (κ2) is 8.60. The summed E-state index contributed by atoms with van der Waals surface area (Å²) in [4.78, 5) is 12.5. The van der Waals surface area contributed by atoms with Gasteiger partial charge in [-0.25, -0.2) is 17.9 Å². The summed E-state index contributed by atoms with van der Waals surface area (Å²) in [5, 5.41) is 7.28. The number of hydrogen-bond acceptors (Lipinski definition) is 4. The third kappa shape index (κ3) is 5.24. The first-order valence-electron chi connectivity index (χ1n) is 8.94. The molecule has 0 spiro atoms. The highest BCUT2D eigenvalue weighted by Crippen LogP contribution is 2.38. The topological polar surface area (TPSA) is 98.5 Å². The quantitative estimate of drug-likeness (QED) is 0.524. The molecule has 0 aliphatic rings. The number of rotatable bonds is 5. The number of nitrogens with one attached hydrogen (secondary N) is 1. The molecule has 0 radical (unpaired) electrons. The maximum Gasteiger partial charge on any atom is 0.417 e. The molecule has 0 aliphatic heterocycles. The van der Waals surface area contributed by atoms with E-state index < -0.39 is 44.8 Å². The first-order valence-corrected chi connectivity index (χ1v) is 10.5. The molecule has 0 bridgehead atoms. The number of hydrogen-bond donors (Lipinski definition) is 2. The summed E-state index contributed by atoms with van der Waals surface area (Å²) >= 11 is 0. The van der Waals surface area contributed by atoms with E-state index in [1.165, 1.54) is 31.2 Å². The SMILES string of the molecule is Cc1cc(F)ccc1Oc1cccc(C(F)(F)F)c1C(=O)Nc1cccc(S(N)(=O)=O)c1. The molecule has 0 heterocycles. The van der Waals surface area contributed by atoms with Gasteiger partial charge in [-0.05, 0) is 61.0 Å². The van der Waals surface area contributed by atoms with Gasteiger partial charge in [-0.3, -0.25) is 4.79 Å². The van der Waals surface area contributed by atoms with Crippen LogP contribution in [0.3, 0.4) is 0 Å².